The van der Waals surface area contributed by atoms with Crippen molar-refractivity contribution in [3.05, 3.63) is 63.3 Å². The van der Waals surface area contributed by atoms with E-state index in [0.717, 1.165) is 5.57 Å². The zero-order valence-corrected chi connectivity index (χ0v) is 21.0. The summed E-state index contributed by atoms with van der Waals surface area (Å²) in [5.41, 5.74) is 0.789. The lowest BCUT2D eigenvalue weighted by Crippen LogP contribution is -2.49. The van der Waals surface area contributed by atoms with E-state index in [9.17, 15) is 27.9 Å². The van der Waals surface area contributed by atoms with Gasteiger partial charge in [0, 0.05) is 5.25 Å². The zero-order chi connectivity index (χ0) is 26.1. The van der Waals surface area contributed by atoms with Crippen LogP contribution in [0.1, 0.15) is 33.3 Å². The van der Waals surface area contributed by atoms with Crippen LogP contribution in [-0.2, 0) is 20.9 Å². The minimum atomic E-state index is -4.79. The highest BCUT2D eigenvalue weighted by atomic mass is 35.5. The molecule has 3 rings (SSSR count). The van der Waals surface area contributed by atoms with Gasteiger partial charge >= 0.3 is 12.3 Å². The number of carboxylic acids is 1. The summed E-state index contributed by atoms with van der Waals surface area (Å²) in [6, 6.07) is 4.06. The van der Waals surface area contributed by atoms with Crippen molar-refractivity contribution in [2.45, 2.75) is 52.0 Å². The van der Waals surface area contributed by atoms with E-state index in [1.165, 1.54) is 36.0 Å². The molecule has 3 atom stereocenters. The molecule has 1 aliphatic heterocycles. The zero-order valence-electron chi connectivity index (χ0n) is 19.4. The number of allylic oxidation sites excluding steroid dienone is 1. The molecule has 0 aromatic heterocycles. The molecule has 11 heteroatoms. The van der Waals surface area contributed by atoms with Gasteiger partial charge < -0.3 is 19.9 Å². The molecule has 2 aliphatic rings. The number of thioether (sulfide) groups is 1. The number of benzene rings is 1. The number of carboxylic acid groups (broad SMARTS) is 1. The highest BCUT2D eigenvalue weighted by molar-refractivity contribution is 8.05. The maximum atomic E-state index is 13.2. The van der Waals surface area contributed by atoms with Crippen LogP contribution in [0.5, 0.6) is 5.75 Å². The van der Waals surface area contributed by atoms with Gasteiger partial charge in [0.15, 0.2) is 0 Å². The van der Waals surface area contributed by atoms with E-state index in [2.05, 4.69) is 10.1 Å². The summed E-state index contributed by atoms with van der Waals surface area (Å²) in [4.78, 5) is 25.0. The molecule has 2 unspecified atom stereocenters. The number of fused-ring (bicyclic) bond motifs is 1. The van der Waals surface area contributed by atoms with Crippen LogP contribution >= 0.6 is 23.4 Å². The molecule has 1 aliphatic carbocycles. The number of halogens is 4. The first-order valence-corrected chi connectivity index (χ1v) is 11.9. The second kappa shape index (κ2) is 10.2. The molecule has 0 radical (unpaired) electrons. The summed E-state index contributed by atoms with van der Waals surface area (Å²) in [5, 5.41) is 12.1. The van der Waals surface area contributed by atoms with Crippen molar-refractivity contribution < 1.29 is 37.3 Å². The van der Waals surface area contributed by atoms with Crippen molar-refractivity contribution in [1.82, 2.24) is 5.32 Å². The normalized spacial score (nSPS) is 21.0. The van der Waals surface area contributed by atoms with Crippen molar-refractivity contribution in [1.29, 1.82) is 0 Å². The molecule has 0 bridgehead atoms. The van der Waals surface area contributed by atoms with Gasteiger partial charge in [0.25, 0.3) is 5.91 Å². The molecule has 0 spiro atoms. The van der Waals surface area contributed by atoms with Gasteiger partial charge in [-0.15, -0.1) is 24.9 Å². The Morgan fingerprint density at radius 1 is 1.20 bits per heavy atom. The van der Waals surface area contributed by atoms with E-state index in [1.54, 1.807) is 26.8 Å². The summed E-state index contributed by atoms with van der Waals surface area (Å²) in [5.74, 6) is -2.15. The number of hydrogen-bond donors (Lipinski definition) is 2. The maximum Gasteiger partial charge on any atom is 0.573 e. The van der Waals surface area contributed by atoms with Crippen molar-refractivity contribution in [2.75, 3.05) is 0 Å². The Morgan fingerprint density at radius 2 is 1.83 bits per heavy atom. The van der Waals surface area contributed by atoms with Gasteiger partial charge in [0.05, 0.1) is 15.9 Å². The second-order valence-corrected chi connectivity index (χ2v) is 11.0. The maximum absolute atomic E-state index is 13.2. The smallest absolute Gasteiger partial charge is 0.492 e. The number of amides is 1. The summed E-state index contributed by atoms with van der Waals surface area (Å²) in [7, 11) is 0. The fraction of sp³-hybridized carbons (Fsp3) is 0.417. The van der Waals surface area contributed by atoms with E-state index in [4.69, 9.17) is 16.3 Å². The number of carbonyl (C=O) groups is 2. The Labute approximate surface area is 210 Å². The number of nitrogens with one attached hydrogen (secondary N) is 1. The fourth-order valence-corrected chi connectivity index (χ4v) is 5.35. The quantitative estimate of drug-likeness (QED) is 0.466. The second-order valence-electron chi connectivity index (χ2n) is 9.25. The molecule has 2 N–H and O–H groups in total. The molecule has 0 saturated heterocycles. The van der Waals surface area contributed by atoms with Gasteiger partial charge in [-0.05, 0) is 41.7 Å². The van der Waals surface area contributed by atoms with Crippen molar-refractivity contribution in [3.8, 4) is 5.75 Å². The van der Waals surface area contributed by atoms with E-state index in [0.29, 0.717) is 15.7 Å². The summed E-state index contributed by atoms with van der Waals surface area (Å²) >= 11 is 7.77. The number of rotatable bonds is 7. The van der Waals surface area contributed by atoms with Crippen LogP contribution in [0.4, 0.5) is 13.2 Å². The molecule has 6 nitrogen and oxygen atoms in total. The Bertz CT molecular complexity index is 1090. The lowest BCUT2D eigenvalue weighted by molar-refractivity contribution is -0.274. The first kappa shape index (κ1) is 27.0. The van der Waals surface area contributed by atoms with Gasteiger partial charge in [-0.2, -0.15) is 0 Å². The lowest BCUT2D eigenvalue weighted by atomic mass is 9.85. The van der Waals surface area contributed by atoms with Crippen LogP contribution < -0.4 is 10.1 Å². The van der Waals surface area contributed by atoms with Crippen LogP contribution in [0.15, 0.2) is 57.7 Å². The van der Waals surface area contributed by atoms with Crippen molar-refractivity contribution >= 4 is 35.2 Å². The van der Waals surface area contributed by atoms with Gasteiger partial charge in [0.2, 0.25) is 0 Å². The van der Waals surface area contributed by atoms with Crippen LogP contribution in [0.25, 0.3) is 0 Å². The first-order chi connectivity index (χ1) is 16.2. The topological polar surface area (TPSA) is 84.9 Å². The highest BCUT2D eigenvalue weighted by Gasteiger charge is 2.41. The van der Waals surface area contributed by atoms with Crippen LogP contribution in [0, 0.1) is 11.3 Å². The van der Waals surface area contributed by atoms with E-state index in [-0.39, 0.29) is 29.1 Å². The monoisotopic (exact) mass is 531 g/mol. The van der Waals surface area contributed by atoms with Crippen LogP contribution in [0.2, 0.25) is 0 Å². The lowest BCUT2D eigenvalue weighted by Gasteiger charge is -2.30. The molecule has 0 fully saturated rings. The summed E-state index contributed by atoms with van der Waals surface area (Å²) in [6.45, 7) is 6.91. The molecule has 1 amide bonds. The van der Waals surface area contributed by atoms with Crippen molar-refractivity contribution in [3.63, 3.8) is 0 Å². The van der Waals surface area contributed by atoms with E-state index < -0.39 is 29.7 Å². The van der Waals surface area contributed by atoms with Gasteiger partial charge in [-0.3, -0.25) is 4.79 Å². The predicted octanol–water partition coefficient (Wildman–Crippen LogP) is 5.74. The number of aliphatic carboxylic acids is 1. The predicted molar refractivity (Wildman–Crippen MR) is 127 cm³/mol. The number of ether oxygens (including phenoxy) is 2. The molecular weight excluding hydrogens is 507 g/mol. The van der Waals surface area contributed by atoms with E-state index >= 15 is 0 Å². The fourth-order valence-electron chi connectivity index (χ4n) is 3.75. The Morgan fingerprint density at radius 3 is 2.37 bits per heavy atom. The molecule has 1 aromatic rings. The van der Waals surface area contributed by atoms with Gasteiger partial charge in [-0.1, -0.05) is 50.6 Å². The SMILES string of the molecule is CC1=C(Cl)SC2C=CC(C(=O)N[C@H](C(=O)O)C(C)(C)C)=C(OCc3ccc(OC(F)(F)F)cc3)C12. The average molecular weight is 532 g/mol. The molecule has 0 saturated carbocycles. The van der Waals surface area contributed by atoms with E-state index in [1.807, 2.05) is 13.0 Å². The molecule has 35 heavy (non-hydrogen) atoms. The largest absolute Gasteiger partial charge is 0.573 e. The van der Waals surface area contributed by atoms with Crippen molar-refractivity contribution in [2.24, 2.45) is 11.3 Å². The summed E-state index contributed by atoms with van der Waals surface area (Å²) in [6.07, 6.45) is -1.38. The van der Waals surface area contributed by atoms with Crippen LogP contribution in [0.3, 0.4) is 0 Å². The molecular formula is C24H25ClF3NO5S. The van der Waals surface area contributed by atoms with Gasteiger partial charge in [-0.25, -0.2) is 4.79 Å². The third-order valence-electron chi connectivity index (χ3n) is 5.53. The third-order valence-corrected chi connectivity index (χ3v) is 7.33. The Kier molecular flexibility index (Phi) is 7.86. The number of alkyl halides is 3. The molecule has 1 aromatic carbocycles. The number of carbonyl (C=O) groups excluding carboxylic acids is 1. The first-order valence-electron chi connectivity index (χ1n) is 10.6. The molecule has 190 valence electrons. The minimum absolute atomic E-state index is 0.0351. The van der Waals surface area contributed by atoms with Crippen LogP contribution in [-0.4, -0.2) is 34.6 Å². The van der Waals surface area contributed by atoms with Gasteiger partial charge in [0.1, 0.15) is 24.2 Å². The molecule has 1 heterocycles. The standard InChI is InChI=1S/C24H25ClF3NO5S/c1-12-17-16(35-20(12)25)10-9-15(21(30)29-19(22(31)32)23(2,3)4)18(17)33-11-13-5-7-14(8-6-13)34-24(26,27)28/h5-10,16-17,19H,11H2,1-4H3,(H,29,30)(H,31,32)/t16?,17?,19-/m1/s1. The minimum Gasteiger partial charge on any atom is -0.492 e. The average Bonchev–Trinajstić information content (AvgIpc) is 3.03. The number of hydrogen-bond acceptors (Lipinski definition) is 5. The Balaban J connectivity index is 1.88. The highest BCUT2D eigenvalue weighted by Crippen LogP contribution is 2.50. The Hall–Kier alpha value is -2.59. The third kappa shape index (κ3) is 6.55. The summed E-state index contributed by atoms with van der Waals surface area (Å²) < 4.78 is 47.7.